The van der Waals surface area contributed by atoms with E-state index in [-0.39, 0.29) is 35.6 Å². The molecule has 39 heavy (non-hydrogen) atoms. The number of benzene rings is 2. The summed E-state index contributed by atoms with van der Waals surface area (Å²) in [5.41, 5.74) is -2.93. The molecule has 1 aliphatic rings. The molecular weight excluding hydrogens is 558 g/mol. The van der Waals surface area contributed by atoms with Crippen LogP contribution in [-0.4, -0.2) is 44.0 Å². The SMILES string of the molecule is CCOC(=O)N1c2cc(OC)c(Cl)cc2C(N(Cc2cc(C(F)(F)F)cc(C(F)(F)F)c2)C(=O)OC)CC1C. The number of alkyl halides is 6. The van der Waals surface area contributed by atoms with E-state index >= 15 is 0 Å². The highest BCUT2D eigenvalue weighted by Gasteiger charge is 2.41. The van der Waals surface area contributed by atoms with Gasteiger partial charge in [0.2, 0.25) is 0 Å². The summed E-state index contributed by atoms with van der Waals surface area (Å²) in [6.07, 6.45) is -11.8. The first-order chi connectivity index (χ1) is 18.1. The molecule has 0 radical (unpaired) electrons. The van der Waals surface area contributed by atoms with Gasteiger partial charge in [0.1, 0.15) is 5.75 Å². The van der Waals surface area contributed by atoms with Crippen LogP contribution in [0.4, 0.5) is 41.6 Å². The molecule has 0 aliphatic carbocycles. The van der Waals surface area contributed by atoms with Crippen LogP contribution in [0.5, 0.6) is 5.75 Å². The first-order valence-electron chi connectivity index (χ1n) is 11.6. The second kappa shape index (κ2) is 11.4. The van der Waals surface area contributed by atoms with E-state index in [4.69, 9.17) is 25.8 Å². The standard InChI is InChI=1S/C25H25ClF6N2O5/c1-5-39-23(36)34-13(2)6-19(17-10-18(26)21(37-3)11-20(17)34)33(22(35)38-4)12-14-7-15(24(27,28)29)9-16(8-14)25(30,31)32/h7-11,13,19H,5-6,12H2,1-4H3. The number of halogens is 7. The van der Waals surface area contributed by atoms with E-state index in [1.807, 2.05) is 0 Å². The van der Waals surface area contributed by atoms with E-state index < -0.39 is 59.9 Å². The molecule has 2 amide bonds. The van der Waals surface area contributed by atoms with Gasteiger partial charge in [0.25, 0.3) is 0 Å². The van der Waals surface area contributed by atoms with Gasteiger partial charge in [-0.1, -0.05) is 11.6 Å². The lowest BCUT2D eigenvalue weighted by atomic mass is 9.90. The van der Waals surface area contributed by atoms with Crippen molar-refractivity contribution >= 4 is 29.5 Å². The minimum absolute atomic E-state index is 0.00718. The smallest absolute Gasteiger partial charge is 0.416 e. The molecule has 1 aliphatic heterocycles. The second-order valence-corrected chi connectivity index (χ2v) is 9.13. The maximum absolute atomic E-state index is 13.5. The summed E-state index contributed by atoms with van der Waals surface area (Å²) < 4.78 is 96.0. The summed E-state index contributed by atoms with van der Waals surface area (Å²) in [5, 5.41) is 0.0999. The number of anilines is 1. The van der Waals surface area contributed by atoms with Crippen molar-refractivity contribution < 1.29 is 50.1 Å². The fourth-order valence-electron chi connectivity index (χ4n) is 4.48. The summed E-state index contributed by atoms with van der Waals surface area (Å²) in [6, 6.07) is 2.38. The minimum Gasteiger partial charge on any atom is -0.495 e. The van der Waals surface area contributed by atoms with Gasteiger partial charge in [-0.3, -0.25) is 9.80 Å². The summed E-state index contributed by atoms with van der Waals surface area (Å²) in [5.74, 6) is 0.190. The van der Waals surface area contributed by atoms with Crippen LogP contribution in [0.2, 0.25) is 5.02 Å². The van der Waals surface area contributed by atoms with Crippen molar-refractivity contribution in [2.45, 2.75) is 51.2 Å². The maximum Gasteiger partial charge on any atom is 0.416 e. The summed E-state index contributed by atoms with van der Waals surface area (Å²) in [7, 11) is 2.38. The van der Waals surface area contributed by atoms with Gasteiger partial charge in [0.15, 0.2) is 0 Å². The Morgan fingerprint density at radius 3 is 2.10 bits per heavy atom. The van der Waals surface area contributed by atoms with E-state index in [1.165, 1.54) is 24.1 Å². The zero-order chi connectivity index (χ0) is 29.3. The van der Waals surface area contributed by atoms with E-state index in [1.54, 1.807) is 13.8 Å². The number of methoxy groups -OCH3 is 2. The number of amides is 2. The number of rotatable bonds is 5. The van der Waals surface area contributed by atoms with Gasteiger partial charge in [-0.25, -0.2) is 9.59 Å². The highest BCUT2D eigenvalue weighted by Crippen LogP contribution is 2.46. The first kappa shape index (κ1) is 30.2. The van der Waals surface area contributed by atoms with Crippen molar-refractivity contribution in [2.75, 3.05) is 25.7 Å². The largest absolute Gasteiger partial charge is 0.495 e. The predicted molar refractivity (Wildman–Crippen MR) is 129 cm³/mol. The Kier molecular flexibility index (Phi) is 8.83. The summed E-state index contributed by atoms with van der Waals surface area (Å²) in [6.45, 7) is 2.66. The fourth-order valence-corrected chi connectivity index (χ4v) is 4.73. The third-order valence-electron chi connectivity index (χ3n) is 6.18. The molecule has 0 aromatic heterocycles. The van der Waals surface area contributed by atoms with E-state index in [0.29, 0.717) is 17.7 Å². The zero-order valence-corrected chi connectivity index (χ0v) is 22.0. The third-order valence-corrected chi connectivity index (χ3v) is 6.47. The van der Waals surface area contributed by atoms with Crippen LogP contribution < -0.4 is 9.64 Å². The molecule has 0 N–H and O–H groups in total. The van der Waals surface area contributed by atoms with Crippen molar-refractivity contribution in [3.8, 4) is 5.75 Å². The van der Waals surface area contributed by atoms with Gasteiger partial charge in [-0.2, -0.15) is 26.3 Å². The van der Waals surface area contributed by atoms with Gasteiger partial charge < -0.3 is 14.2 Å². The number of hydrogen-bond donors (Lipinski definition) is 0. The Morgan fingerprint density at radius 2 is 1.62 bits per heavy atom. The average Bonchev–Trinajstić information content (AvgIpc) is 2.85. The van der Waals surface area contributed by atoms with Crippen molar-refractivity contribution in [3.63, 3.8) is 0 Å². The van der Waals surface area contributed by atoms with Crippen molar-refractivity contribution in [3.05, 3.63) is 57.6 Å². The van der Waals surface area contributed by atoms with Crippen LogP contribution in [0, 0.1) is 0 Å². The first-order valence-corrected chi connectivity index (χ1v) is 12.0. The topological polar surface area (TPSA) is 68.3 Å². The number of hydrogen-bond acceptors (Lipinski definition) is 5. The van der Waals surface area contributed by atoms with Crippen LogP contribution in [-0.2, 0) is 28.4 Å². The Hall–Kier alpha value is -3.35. The van der Waals surface area contributed by atoms with Crippen LogP contribution in [0.3, 0.4) is 0 Å². The van der Waals surface area contributed by atoms with E-state index in [2.05, 4.69) is 0 Å². The highest BCUT2D eigenvalue weighted by molar-refractivity contribution is 6.32. The quantitative estimate of drug-likeness (QED) is 0.343. The molecule has 0 saturated heterocycles. The highest BCUT2D eigenvalue weighted by atomic mass is 35.5. The van der Waals surface area contributed by atoms with Gasteiger partial charge in [0, 0.05) is 24.2 Å². The lowest BCUT2D eigenvalue weighted by Crippen LogP contribution is -2.47. The number of nitrogens with zero attached hydrogens (tertiary/aromatic N) is 2. The van der Waals surface area contributed by atoms with Crippen LogP contribution in [0.15, 0.2) is 30.3 Å². The van der Waals surface area contributed by atoms with Gasteiger partial charge in [-0.05, 0) is 50.1 Å². The monoisotopic (exact) mass is 582 g/mol. The lowest BCUT2D eigenvalue weighted by molar-refractivity contribution is -0.143. The molecule has 0 spiro atoms. The Balaban J connectivity index is 2.18. The van der Waals surface area contributed by atoms with E-state index in [9.17, 15) is 35.9 Å². The normalized spacial score (nSPS) is 17.4. The van der Waals surface area contributed by atoms with Gasteiger partial charge >= 0.3 is 24.5 Å². The van der Waals surface area contributed by atoms with Crippen molar-refractivity contribution in [2.24, 2.45) is 0 Å². The number of ether oxygens (including phenoxy) is 3. The van der Waals surface area contributed by atoms with Gasteiger partial charge in [0.05, 0.1) is 48.7 Å². The summed E-state index contributed by atoms with van der Waals surface area (Å²) in [4.78, 5) is 28.0. The third kappa shape index (κ3) is 6.45. The molecule has 2 atom stereocenters. The lowest BCUT2D eigenvalue weighted by Gasteiger charge is -2.42. The Labute approximate surface area is 225 Å². The Bertz CT molecular complexity index is 1200. The maximum atomic E-state index is 13.5. The van der Waals surface area contributed by atoms with Crippen molar-refractivity contribution in [1.82, 2.24) is 4.90 Å². The molecular formula is C25H25ClF6N2O5. The molecule has 3 rings (SSSR count). The number of fused-ring (bicyclic) bond motifs is 1. The molecule has 1 heterocycles. The molecule has 14 heteroatoms. The molecule has 0 saturated carbocycles. The molecule has 2 aromatic carbocycles. The molecule has 2 aromatic rings. The van der Waals surface area contributed by atoms with Crippen LogP contribution in [0.25, 0.3) is 0 Å². The van der Waals surface area contributed by atoms with Crippen LogP contribution in [0.1, 0.15) is 48.6 Å². The van der Waals surface area contributed by atoms with Gasteiger partial charge in [-0.15, -0.1) is 0 Å². The van der Waals surface area contributed by atoms with Crippen molar-refractivity contribution in [1.29, 1.82) is 0 Å². The fraction of sp³-hybridized carbons (Fsp3) is 0.440. The molecule has 2 unspecified atom stereocenters. The average molecular weight is 583 g/mol. The molecule has 7 nitrogen and oxygen atoms in total. The zero-order valence-electron chi connectivity index (χ0n) is 21.2. The van der Waals surface area contributed by atoms with E-state index in [0.717, 1.165) is 12.0 Å². The molecule has 0 bridgehead atoms. The number of carbonyl (C=O) groups is 2. The Morgan fingerprint density at radius 1 is 1.03 bits per heavy atom. The molecule has 214 valence electrons. The number of carbonyl (C=O) groups excluding carboxylic acids is 2. The van der Waals surface area contributed by atoms with Crippen LogP contribution >= 0.6 is 11.6 Å². The second-order valence-electron chi connectivity index (χ2n) is 8.73. The molecule has 0 fully saturated rings. The predicted octanol–water partition coefficient (Wildman–Crippen LogP) is 7.45. The minimum atomic E-state index is -5.07. The summed E-state index contributed by atoms with van der Waals surface area (Å²) >= 11 is 6.33.